The minimum absolute atomic E-state index is 0.0263. The van der Waals surface area contributed by atoms with Crippen molar-refractivity contribution in [1.29, 1.82) is 0 Å². The Morgan fingerprint density at radius 2 is 1.67 bits per heavy atom. The molecule has 0 atom stereocenters. The molecule has 0 bridgehead atoms. The topological polar surface area (TPSA) is 73.1 Å². The van der Waals surface area contributed by atoms with E-state index in [-0.39, 0.29) is 11.0 Å². The van der Waals surface area contributed by atoms with Crippen LogP contribution < -0.4 is 16.6 Å². The molecule has 118 valence electrons. The van der Waals surface area contributed by atoms with Crippen LogP contribution in [0.1, 0.15) is 51.4 Å². The Bertz CT molecular complexity index is 660. The molecule has 1 aromatic rings. The predicted molar refractivity (Wildman–Crippen MR) is 82.5 cm³/mol. The second-order valence-corrected chi connectivity index (χ2v) is 7.38. The third kappa shape index (κ3) is 4.31. The molecule has 1 heterocycles. The van der Waals surface area contributed by atoms with Crippen molar-refractivity contribution in [2.24, 2.45) is 19.5 Å². The zero-order valence-corrected chi connectivity index (χ0v) is 13.9. The summed E-state index contributed by atoms with van der Waals surface area (Å²) in [5, 5.41) is 2.88. The fraction of sp³-hybridized carbons (Fsp3) is 0.667. The van der Waals surface area contributed by atoms with E-state index in [2.05, 4.69) is 26.1 Å². The summed E-state index contributed by atoms with van der Waals surface area (Å²) in [6.45, 7) is 10.1. The maximum Gasteiger partial charge on any atom is 0.330 e. The van der Waals surface area contributed by atoms with Gasteiger partial charge >= 0.3 is 5.69 Å². The van der Waals surface area contributed by atoms with E-state index in [1.54, 1.807) is 0 Å². The van der Waals surface area contributed by atoms with Gasteiger partial charge in [-0.3, -0.25) is 14.2 Å². The molecule has 6 nitrogen and oxygen atoms in total. The summed E-state index contributed by atoms with van der Waals surface area (Å²) < 4.78 is 2.17. The van der Waals surface area contributed by atoms with Gasteiger partial charge in [0.25, 0.3) is 11.5 Å². The molecule has 6 heteroatoms. The van der Waals surface area contributed by atoms with Gasteiger partial charge in [-0.05, 0) is 25.7 Å². The van der Waals surface area contributed by atoms with Gasteiger partial charge in [0.1, 0.15) is 5.56 Å². The molecule has 1 amide bonds. The Morgan fingerprint density at radius 3 is 2.14 bits per heavy atom. The average Bonchev–Trinajstić information content (AvgIpc) is 2.27. The largest absolute Gasteiger partial charge is 0.347 e. The molecule has 0 fully saturated rings. The van der Waals surface area contributed by atoms with E-state index in [4.69, 9.17) is 0 Å². The molecule has 0 aromatic carbocycles. The highest BCUT2D eigenvalue weighted by Gasteiger charge is 2.28. The third-order valence-corrected chi connectivity index (χ3v) is 3.12. The van der Waals surface area contributed by atoms with Crippen LogP contribution in [0.25, 0.3) is 0 Å². The summed E-state index contributed by atoms with van der Waals surface area (Å²) in [5.74, 6) is -0.458. The van der Waals surface area contributed by atoms with Crippen LogP contribution in [0.4, 0.5) is 0 Å². The predicted octanol–water partition coefficient (Wildman–Crippen LogP) is 1.03. The summed E-state index contributed by atoms with van der Waals surface area (Å²) in [4.78, 5) is 36.0. The first-order valence-electron chi connectivity index (χ1n) is 6.93. The van der Waals surface area contributed by atoms with E-state index < -0.39 is 22.7 Å². The van der Waals surface area contributed by atoms with Gasteiger partial charge < -0.3 is 9.88 Å². The highest BCUT2D eigenvalue weighted by molar-refractivity contribution is 5.94. The average molecular weight is 295 g/mol. The zero-order chi connectivity index (χ0) is 16.6. The second kappa shape index (κ2) is 5.50. The Morgan fingerprint density at radius 1 is 1.14 bits per heavy atom. The van der Waals surface area contributed by atoms with Gasteiger partial charge in [-0.2, -0.15) is 0 Å². The summed E-state index contributed by atoms with van der Waals surface area (Å²) in [5.41, 5.74) is -1.46. The molecular formula is C15H25N3O3. The van der Waals surface area contributed by atoms with Crippen molar-refractivity contribution in [1.82, 2.24) is 14.5 Å². The molecule has 0 saturated heterocycles. The minimum atomic E-state index is -0.581. The van der Waals surface area contributed by atoms with Crippen LogP contribution in [-0.4, -0.2) is 20.6 Å². The summed E-state index contributed by atoms with van der Waals surface area (Å²) >= 11 is 0. The highest BCUT2D eigenvalue weighted by atomic mass is 16.2. The van der Waals surface area contributed by atoms with Crippen molar-refractivity contribution in [3.8, 4) is 0 Å². The molecule has 0 aliphatic heterocycles. The zero-order valence-electron chi connectivity index (χ0n) is 13.9. The fourth-order valence-corrected chi connectivity index (χ4v) is 2.71. The quantitative estimate of drug-likeness (QED) is 0.905. The molecule has 0 saturated carbocycles. The summed E-state index contributed by atoms with van der Waals surface area (Å²) in [6.07, 6.45) is 2.05. The number of hydrogen-bond donors (Lipinski definition) is 1. The van der Waals surface area contributed by atoms with E-state index in [0.717, 1.165) is 11.0 Å². The van der Waals surface area contributed by atoms with E-state index >= 15 is 0 Å². The van der Waals surface area contributed by atoms with Gasteiger partial charge in [-0.1, -0.05) is 20.8 Å². The smallest absolute Gasteiger partial charge is 0.330 e. The first kappa shape index (κ1) is 17.2. The Balaban J connectivity index is 3.12. The van der Waals surface area contributed by atoms with Crippen LogP contribution >= 0.6 is 0 Å². The van der Waals surface area contributed by atoms with E-state index in [9.17, 15) is 14.4 Å². The molecule has 1 aromatic heterocycles. The number of aryl methyl sites for hydroxylation is 1. The van der Waals surface area contributed by atoms with Gasteiger partial charge in [0.05, 0.1) is 0 Å². The molecule has 21 heavy (non-hydrogen) atoms. The van der Waals surface area contributed by atoms with Crippen molar-refractivity contribution in [3.05, 3.63) is 32.6 Å². The lowest BCUT2D eigenvalue weighted by molar-refractivity contribution is 0.0888. The van der Waals surface area contributed by atoms with E-state index in [1.807, 2.05) is 13.8 Å². The summed E-state index contributed by atoms with van der Waals surface area (Å²) in [7, 11) is 2.88. The van der Waals surface area contributed by atoms with Gasteiger partial charge in [0.2, 0.25) is 0 Å². The van der Waals surface area contributed by atoms with E-state index in [0.29, 0.717) is 0 Å². The Kier molecular flexibility index (Phi) is 4.51. The van der Waals surface area contributed by atoms with Gasteiger partial charge in [0.15, 0.2) is 0 Å². The Hall–Kier alpha value is -1.85. The van der Waals surface area contributed by atoms with Crippen molar-refractivity contribution in [3.63, 3.8) is 0 Å². The number of carbonyl (C=O) groups is 1. The number of rotatable bonds is 3. The first-order chi connectivity index (χ1) is 9.34. The summed E-state index contributed by atoms with van der Waals surface area (Å²) in [6, 6.07) is 0. The fourth-order valence-electron chi connectivity index (χ4n) is 2.71. The van der Waals surface area contributed by atoms with Crippen LogP contribution in [0.15, 0.2) is 15.8 Å². The lowest BCUT2D eigenvalue weighted by atomic mass is 9.81. The lowest BCUT2D eigenvalue weighted by Crippen LogP contribution is -2.49. The van der Waals surface area contributed by atoms with Crippen LogP contribution in [-0.2, 0) is 14.1 Å². The van der Waals surface area contributed by atoms with Gasteiger partial charge in [-0.25, -0.2) is 4.79 Å². The molecule has 0 spiro atoms. The number of amides is 1. The van der Waals surface area contributed by atoms with Crippen molar-refractivity contribution < 1.29 is 4.79 Å². The maximum atomic E-state index is 12.3. The number of aromatic nitrogens is 2. The monoisotopic (exact) mass is 295 g/mol. The molecule has 0 radical (unpaired) electrons. The van der Waals surface area contributed by atoms with Crippen LogP contribution in [0, 0.1) is 5.41 Å². The second-order valence-electron chi connectivity index (χ2n) is 7.38. The lowest BCUT2D eigenvalue weighted by Gasteiger charge is -2.33. The molecule has 0 aliphatic rings. The van der Waals surface area contributed by atoms with E-state index in [1.165, 1.54) is 24.9 Å². The van der Waals surface area contributed by atoms with Crippen molar-refractivity contribution >= 4 is 5.91 Å². The number of carbonyl (C=O) groups excluding carboxylic acids is 1. The maximum absolute atomic E-state index is 12.3. The van der Waals surface area contributed by atoms with Gasteiger partial charge in [-0.15, -0.1) is 0 Å². The normalized spacial score (nSPS) is 12.3. The third-order valence-electron chi connectivity index (χ3n) is 3.12. The number of nitrogens with zero attached hydrogens (tertiary/aromatic N) is 2. The number of hydrogen-bond acceptors (Lipinski definition) is 3. The molecule has 0 aliphatic carbocycles. The van der Waals surface area contributed by atoms with Gasteiger partial charge in [0, 0.05) is 25.8 Å². The molecular weight excluding hydrogens is 270 g/mol. The molecule has 1 rings (SSSR count). The Labute approximate surface area is 124 Å². The standard InChI is InChI=1S/C15H25N3O3/c1-14(2,3)9-15(4,5)16-11(19)10-8-17(6)13(21)18(7)12(10)20/h8H,9H2,1-7H3,(H,16,19). The van der Waals surface area contributed by atoms with Crippen LogP contribution in [0.2, 0.25) is 0 Å². The minimum Gasteiger partial charge on any atom is -0.347 e. The molecule has 0 unspecified atom stereocenters. The molecule has 1 N–H and O–H groups in total. The highest BCUT2D eigenvalue weighted by Crippen LogP contribution is 2.26. The van der Waals surface area contributed by atoms with Crippen molar-refractivity contribution in [2.75, 3.05) is 0 Å². The van der Waals surface area contributed by atoms with Crippen LogP contribution in [0.5, 0.6) is 0 Å². The first-order valence-corrected chi connectivity index (χ1v) is 6.93. The number of nitrogens with one attached hydrogen (secondary N) is 1. The van der Waals surface area contributed by atoms with Crippen LogP contribution in [0.3, 0.4) is 0 Å². The SMILES string of the molecule is Cn1cc(C(=O)NC(C)(C)CC(C)(C)C)c(=O)n(C)c1=O. The van der Waals surface area contributed by atoms with Crippen molar-refractivity contribution in [2.45, 2.75) is 46.6 Å².